The lowest BCUT2D eigenvalue weighted by atomic mass is 9.97. The van der Waals surface area contributed by atoms with E-state index in [4.69, 9.17) is 4.74 Å². The standard InChI is InChI=1S/C22H31N3O3/c1-24(15-20-18-9-5-2-6-16(18)10-13-28-20)21(26)14-19-22(27)23-11-12-25(19)17-7-3-4-8-17/h2,5-6,9,17,19-20H,3-4,7-8,10-15H2,1H3,(H,23,27)/t19-,20+/m0/s1. The highest BCUT2D eigenvalue weighted by molar-refractivity contribution is 5.88. The monoisotopic (exact) mass is 385 g/mol. The number of hydrogen-bond donors (Lipinski definition) is 1. The number of carbonyl (C=O) groups excluding carboxylic acids is 2. The Morgan fingerprint density at radius 3 is 2.89 bits per heavy atom. The van der Waals surface area contributed by atoms with Gasteiger partial charge in [-0.05, 0) is 30.4 Å². The van der Waals surface area contributed by atoms with Gasteiger partial charge in [-0.25, -0.2) is 0 Å². The van der Waals surface area contributed by atoms with Gasteiger partial charge >= 0.3 is 0 Å². The third-order valence-corrected chi connectivity index (χ3v) is 6.49. The van der Waals surface area contributed by atoms with Crippen LogP contribution < -0.4 is 5.32 Å². The summed E-state index contributed by atoms with van der Waals surface area (Å²) in [6.07, 6.45) is 5.80. The first-order valence-electron chi connectivity index (χ1n) is 10.6. The van der Waals surface area contributed by atoms with Gasteiger partial charge in [0, 0.05) is 26.2 Å². The largest absolute Gasteiger partial charge is 0.371 e. The normalized spacial score (nSPS) is 26.0. The van der Waals surface area contributed by atoms with Crippen LogP contribution in [-0.2, 0) is 20.7 Å². The molecule has 1 saturated heterocycles. The van der Waals surface area contributed by atoms with Crippen molar-refractivity contribution in [1.82, 2.24) is 15.1 Å². The summed E-state index contributed by atoms with van der Waals surface area (Å²) in [5.41, 5.74) is 2.48. The van der Waals surface area contributed by atoms with Crippen LogP contribution in [0.1, 0.15) is 49.3 Å². The average Bonchev–Trinajstić information content (AvgIpc) is 3.24. The van der Waals surface area contributed by atoms with Crippen molar-refractivity contribution in [3.8, 4) is 0 Å². The first-order valence-corrected chi connectivity index (χ1v) is 10.6. The van der Waals surface area contributed by atoms with Crippen molar-refractivity contribution in [3.63, 3.8) is 0 Å². The highest BCUT2D eigenvalue weighted by Crippen LogP contribution is 2.29. The number of rotatable bonds is 5. The maximum Gasteiger partial charge on any atom is 0.237 e. The maximum absolute atomic E-state index is 13.0. The molecule has 1 aromatic carbocycles. The Hall–Kier alpha value is -1.92. The van der Waals surface area contributed by atoms with Gasteiger partial charge in [0.25, 0.3) is 0 Å². The molecule has 2 fully saturated rings. The van der Waals surface area contributed by atoms with E-state index in [1.807, 2.05) is 13.1 Å². The van der Waals surface area contributed by atoms with Crippen LogP contribution in [0.3, 0.4) is 0 Å². The van der Waals surface area contributed by atoms with E-state index in [2.05, 4.69) is 28.4 Å². The molecule has 4 rings (SSSR count). The molecular weight excluding hydrogens is 354 g/mol. The predicted octanol–water partition coefficient (Wildman–Crippen LogP) is 1.89. The lowest BCUT2D eigenvalue weighted by molar-refractivity contribution is -0.140. The number of amides is 2. The van der Waals surface area contributed by atoms with Crippen LogP contribution in [0.15, 0.2) is 24.3 Å². The fourth-order valence-corrected chi connectivity index (χ4v) is 4.92. The van der Waals surface area contributed by atoms with Crippen molar-refractivity contribution < 1.29 is 14.3 Å². The predicted molar refractivity (Wildman–Crippen MR) is 107 cm³/mol. The van der Waals surface area contributed by atoms with E-state index in [9.17, 15) is 9.59 Å². The first-order chi connectivity index (χ1) is 13.6. The average molecular weight is 386 g/mol. The SMILES string of the molecule is CN(C[C@H]1OCCc2ccccc21)C(=O)C[C@H]1C(=O)NCCN1C1CCCC1. The van der Waals surface area contributed by atoms with Gasteiger partial charge < -0.3 is 15.0 Å². The smallest absolute Gasteiger partial charge is 0.237 e. The number of nitrogens with one attached hydrogen (secondary N) is 1. The molecule has 1 aliphatic carbocycles. The molecule has 0 radical (unpaired) electrons. The summed E-state index contributed by atoms with van der Waals surface area (Å²) in [5.74, 6) is 0.0101. The highest BCUT2D eigenvalue weighted by atomic mass is 16.5. The Bertz CT molecular complexity index is 717. The summed E-state index contributed by atoms with van der Waals surface area (Å²) >= 11 is 0. The van der Waals surface area contributed by atoms with E-state index in [0.29, 0.717) is 25.7 Å². The molecule has 2 heterocycles. The summed E-state index contributed by atoms with van der Waals surface area (Å²) in [4.78, 5) is 29.5. The molecule has 3 aliphatic rings. The highest BCUT2D eigenvalue weighted by Gasteiger charge is 2.37. The minimum atomic E-state index is -0.341. The van der Waals surface area contributed by atoms with Crippen molar-refractivity contribution in [3.05, 3.63) is 35.4 Å². The van der Waals surface area contributed by atoms with E-state index in [1.54, 1.807) is 4.90 Å². The molecule has 0 bridgehead atoms. The number of carbonyl (C=O) groups is 2. The molecule has 152 valence electrons. The molecular formula is C22H31N3O3. The minimum Gasteiger partial charge on any atom is -0.371 e. The van der Waals surface area contributed by atoms with E-state index >= 15 is 0 Å². The Morgan fingerprint density at radius 2 is 2.07 bits per heavy atom. The van der Waals surface area contributed by atoms with Crippen LogP contribution in [-0.4, -0.2) is 67.0 Å². The van der Waals surface area contributed by atoms with Crippen LogP contribution in [0.5, 0.6) is 0 Å². The lowest BCUT2D eigenvalue weighted by Gasteiger charge is -2.39. The zero-order valence-corrected chi connectivity index (χ0v) is 16.7. The summed E-state index contributed by atoms with van der Waals surface area (Å²) < 4.78 is 5.96. The van der Waals surface area contributed by atoms with E-state index in [0.717, 1.165) is 25.8 Å². The van der Waals surface area contributed by atoms with Crippen molar-refractivity contribution in [2.45, 2.75) is 56.7 Å². The number of fused-ring (bicyclic) bond motifs is 1. The fourth-order valence-electron chi connectivity index (χ4n) is 4.92. The molecule has 0 unspecified atom stereocenters. The lowest BCUT2D eigenvalue weighted by Crippen LogP contribution is -2.59. The second-order valence-electron chi connectivity index (χ2n) is 8.27. The summed E-state index contributed by atoms with van der Waals surface area (Å²) in [7, 11) is 1.82. The Morgan fingerprint density at radius 1 is 1.29 bits per heavy atom. The van der Waals surface area contributed by atoms with Crippen molar-refractivity contribution >= 4 is 11.8 Å². The van der Waals surface area contributed by atoms with Gasteiger partial charge in [-0.15, -0.1) is 0 Å². The third kappa shape index (κ3) is 4.08. The van der Waals surface area contributed by atoms with Crippen molar-refractivity contribution in [2.24, 2.45) is 0 Å². The topological polar surface area (TPSA) is 61.9 Å². The van der Waals surface area contributed by atoms with Crippen molar-refractivity contribution in [1.29, 1.82) is 0 Å². The van der Waals surface area contributed by atoms with Gasteiger partial charge in [-0.2, -0.15) is 0 Å². The van der Waals surface area contributed by atoms with Gasteiger partial charge in [0.15, 0.2) is 0 Å². The molecule has 1 saturated carbocycles. The van der Waals surface area contributed by atoms with Gasteiger partial charge in [0.05, 0.1) is 25.6 Å². The number of nitrogens with zero attached hydrogens (tertiary/aromatic N) is 2. The number of likely N-dealkylation sites (N-methyl/N-ethyl adjacent to an activating group) is 1. The second kappa shape index (κ2) is 8.62. The van der Waals surface area contributed by atoms with Crippen LogP contribution in [0.25, 0.3) is 0 Å². The van der Waals surface area contributed by atoms with Gasteiger partial charge in [-0.1, -0.05) is 37.1 Å². The number of piperazine rings is 1. The van der Waals surface area contributed by atoms with E-state index in [1.165, 1.54) is 24.0 Å². The molecule has 2 amide bonds. The summed E-state index contributed by atoms with van der Waals surface area (Å²) in [6, 6.07) is 8.41. The molecule has 6 heteroatoms. The van der Waals surface area contributed by atoms with Gasteiger partial charge in [0.1, 0.15) is 6.10 Å². The second-order valence-corrected chi connectivity index (χ2v) is 8.27. The van der Waals surface area contributed by atoms with Crippen molar-refractivity contribution in [2.75, 3.05) is 33.3 Å². The zero-order chi connectivity index (χ0) is 19.5. The van der Waals surface area contributed by atoms with Crippen LogP contribution in [0, 0.1) is 0 Å². The van der Waals surface area contributed by atoms with Gasteiger partial charge in [-0.3, -0.25) is 14.5 Å². The Balaban J connectivity index is 1.40. The molecule has 0 spiro atoms. The molecule has 2 aliphatic heterocycles. The molecule has 0 aromatic heterocycles. The molecule has 2 atom stereocenters. The summed E-state index contributed by atoms with van der Waals surface area (Å²) in [6.45, 7) is 2.73. The Kier molecular flexibility index (Phi) is 5.97. The quantitative estimate of drug-likeness (QED) is 0.841. The maximum atomic E-state index is 13.0. The minimum absolute atomic E-state index is 0.000776. The van der Waals surface area contributed by atoms with Crippen LogP contribution in [0.2, 0.25) is 0 Å². The third-order valence-electron chi connectivity index (χ3n) is 6.49. The fraction of sp³-hybridized carbons (Fsp3) is 0.636. The van der Waals surface area contributed by atoms with Crippen LogP contribution in [0.4, 0.5) is 0 Å². The zero-order valence-electron chi connectivity index (χ0n) is 16.7. The molecule has 28 heavy (non-hydrogen) atoms. The summed E-state index contributed by atoms with van der Waals surface area (Å²) in [5, 5.41) is 2.95. The van der Waals surface area contributed by atoms with E-state index in [-0.39, 0.29) is 30.4 Å². The molecule has 6 nitrogen and oxygen atoms in total. The number of benzene rings is 1. The van der Waals surface area contributed by atoms with E-state index < -0.39 is 0 Å². The number of hydrogen-bond acceptors (Lipinski definition) is 4. The Labute approximate surface area is 167 Å². The molecule has 1 N–H and O–H groups in total. The van der Waals surface area contributed by atoms with Gasteiger partial charge in [0.2, 0.25) is 11.8 Å². The molecule has 1 aromatic rings. The van der Waals surface area contributed by atoms with Crippen LogP contribution >= 0.6 is 0 Å². The number of ether oxygens (including phenoxy) is 1. The first kappa shape index (κ1) is 19.4.